The minimum Gasteiger partial charge on any atom is -0.431 e. The molecule has 0 aliphatic carbocycles. The van der Waals surface area contributed by atoms with Crippen molar-refractivity contribution >= 4 is 22.9 Å². The number of hydrogen-bond acceptors (Lipinski definition) is 6. The highest BCUT2D eigenvalue weighted by Gasteiger charge is 2.14. The second-order valence-electron chi connectivity index (χ2n) is 5.52. The van der Waals surface area contributed by atoms with E-state index >= 15 is 0 Å². The summed E-state index contributed by atoms with van der Waals surface area (Å²) in [6.07, 6.45) is 1.68. The van der Waals surface area contributed by atoms with E-state index in [1.54, 1.807) is 30.5 Å². The molecule has 7 heteroatoms. The van der Waals surface area contributed by atoms with E-state index in [1.165, 1.54) is 11.3 Å². The molecule has 3 aromatic rings. The number of carbonyl (C=O) groups is 1. The minimum absolute atomic E-state index is 0.145. The zero-order valence-corrected chi connectivity index (χ0v) is 14.8. The molecule has 1 aromatic heterocycles. The topological polar surface area (TPSA) is 86.5 Å². The number of nitrogens with zero attached hydrogens (tertiary/aromatic N) is 1. The van der Waals surface area contributed by atoms with Crippen molar-refractivity contribution in [2.45, 2.75) is 12.6 Å². The molecule has 2 aromatic carbocycles. The van der Waals surface area contributed by atoms with Crippen LogP contribution < -0.4 is 15.8 Å². The molecule has 0 aliphatic heterocycles. The molecular weight excluding hydrogens is 350 g/mol. The summed E-state index contributed by atoms with van der Waals surface area (Å²) < 4.78 is 11.1. The van der Waals surface area contributed by atoms with Crippen LogP contribution in [-0.4, -0.2) is 23.5 Å². The highest BCUT2D eigenvalue weighted by atomic mass is 32.1. The molecule has 1 heterocycles. The van der Waals surface area contributed by atoms with Gasteiger partial charge < -0.3 is 20.5 Å². The normalized spacial score (nSPS) is 11.7. The van der Waals surface area contributed by atoms with Crippen molar-refractivity contribution < 1.29 is 14.3 Å². The highest BCUT2D eigenvalue weighted by Crippen LogP contribution is 2.24. The maximum absolute atomic E-state index is 12.1. The molecule has 3 rings (SSSR count). The summed E-state index contributed by atoms with van der Waals surface area (Å²) in [4.78, 5) is 16.2. The molecule has 0 spiro atoms. The van der Waals surface area contributed by atoms with Crippen molar-refractivity contribution in [3.63, 3.8) is 0 Å². The molecule has 0 bridgehead atoms. The van der Waals surface area contributed by atoms with Gasteiger partial charge in [-0.2, -0.15) is 0 Å². The van der Waals surface area contributed by atoms with Gasteiger partial charge >= 0.3 is 0 Å². The molecule has 0 radical (unpaired) electrons. The lowest BCUT2D eigenvalue weighted by molar-refractivity contribution is -0.118. The molecule has 0 fully saturated rings. The third-order valence-corrected chi connectivity index (χ3v) is 4.13. The van der Waals surface area contributed by atoms with Crippen LogP contribution in [0.4, 0.5) is 5.69 Å². The first-order valence-corrected chi connectivity index (χ1v) is 8.94. The second kappa shape index (κ2) is 9.10. The first-order chi connectivity index (χ1) is 12.7. The number of rotatable bonds is 8. The van der Waals surface area contributed by atoms with Crippen molar-refractivity contribution in [1.82, 2.24) is 4.98 Å². The van der Waals surface area contributed by atoms with Crippen molar-refractivity contribution in [2.75, 3.05) is 11.9 Å². The summed E-state index contributed by atoms with van der Waals surface area (Å²) in [7, 11) is 0. The van der Waals surface area contributed by atoms with Gasteiger partial charge in [-0.05, 0) is 29.8 Å². The fourth-order valence-corrected chi connectivity index (χ4v) is 2.66. The smallest absolute Gasteiger partial charge is 0.278 e. The third kappa shape index (κ3) is 5.38. The lowest BCUT2D eigenvalue weighted by Gasteiger charge is -2.13. The molecule has 134 valence electrons. The molecule has 6 nitrogen and oxygen atoms in total. The first-order valence-electron chi connectivity index (χ1n) is 8.06. The standard InChI is InChI=1S/C19H19N3O3S/c20-17(13-24-12-14-4-2-1-3-5-14)18(23)22-15-6-8-16(9-7-15)25-19-21-10-11-26-19/h1-11,17H,12-13,20H2,(H,22,23)/t17-/m0/s1. The van der Waals surface area contributed by atoms with Gasteiger partial charge in [-0.25, -0.2) is 4.98 Å². The van der Waals surface area contributed by atoms with E-state index in [-0.39, 0.29) is 12.5 Å². The van der Waals surface area contributed by atoms with Gasteiger partial charge in [-0.1, -0.05) is 41.7 Å². The van der Waals surface area contributed by atoms with Gasteiger partial charge in [-0.15, -0.1) is 0 Å². The summed E-state index contributed by atoms with van der Waals surface area (Å²) in [6.45, 7) is 0.566. The van der Waals surface area contributed by atoms with Crippen LogP contribution in [0.3, 0.4) is 0 Å². The Bertz CT molecular complexity index is 808. The number of ether oxygens (including phenoxy) is 2. The number of anilines is 1. The molecule has 26 heavy (non-hydrogen) atoms. The van der Waals surface area contributed by atoms with Crippen LogP contribution in [0.25, 0.3) is 0 Å². The predicted molar refractivity (Wildman–Crippen MR) is 101 cm³/mol. The van der Waals surface area contributed by atoms with E-state index in [4.69, 9.17) is 15.2 Å². The first kappa shape index (κ1) is 18.1. The van der Waals surface area contributed by atoms with E-state index in [0.29, 0.717) is 23.2 Å². The van der Waals surface area contributed by atoms with E-state index in [2.05, 4.69) is 10.3 Å². The SMILES string of the molecule is N[C@@H](COCc1ccccc1)C(=O)Nc1ccc(Oc2nccs2)cc1. The third-order valence-electron chi connectivity index (χ3n) is 3.48. The van der Waals surface area contributed by atoms with Crippen LogP contribution in [0.5, 0.6) is 10.9 Å². The Balaban J connectivity index is 1.44. The summed E-state index contributed by atoms with van der Waals surface area (Å²) in [5.74, 6) is 0.347. The number of nitrogens with one attached hydrogen (secondary N) is 1. The average Bonchev–Trinajstić information content (AvgIpc) is 3.17. The van der Waals surface area contributed by atoms with Gasteiger partial charge in [0.1, 0.15) is 11.8 Å². The summed E-state index contributed by atoms with van der Waals surface area (Å²) in [6, 6.07) is 16.0. The quantitative estimate of drug-likeness (QED) is 0.635. The summed E-state index contributed by atoms with van der Waals surface area (Å²) in [5.41, 5.74) is 7.56. The zero-order valence-electron chi connectivity index (χ0n) is 14.0. The van der Waals surface area contributed by atoms with Gasteiger partial charge in [0.15, 0.2) is 0 Å². The number of carbonyl (C=O) groups excluding carboxylic acids is 1. The molecule has 0 saturated carbocycles. The van der Waals surface area contributed by atoms with Crippen molar-refractivity contribution in [1.29, 1.82) is 0 Å². The maximum atomic E-state index is 12.1. The second-order valence-corrected chi connectivity index (χ2v) is 6.38. The number of hydrogen-bond donors (Lipinski definition) is 2. The van der Waals surface area contributed by atoms with Gasteiger partial charge in [0.2, 0.25) is 5.91 Å². The van der Waals surface area contributed by atoms with Gasteiger partial charge in [0.05, 0.1) is 13.2 Å². The number of amides is 1. The lowest BCUT2D eigenvalue weighted by Crippen LogP contribution is -2.39. The Morgan fingerprint density at radius 1 is 1.15 bits per heavy atom. The van der Waals surface area contributed by atoms with Crippen molar-refractivity contribution in [2.24, 2.45) is 5.73 Å². The van der Waals surface area contributed by atoms with Gasteiger partial charge in [0, 0.05) is 17.3 Å². The zero-order chi connectivity index (χ0) is 18.2. The van der Waals surface area contributed by atoms with Gasteiger partial charge in [0.25, 0.3) is 5.19 Å². The van der Waals surface area contributed by atoms with E-state index in [0.717, 1.165) is 5.56 Å². The molecule has 0 saturated heterocycles. The summed E-state index contributed by atoms with van der Waals surface area (Å²) >= 11 is 1.41. The predicted octanol–water partition coefficient (Wildman–Crippen LogP) is 3.42. The van der Waals surface area contributed by atoms with E-state index in [9.17, 15) is 4.79 Å². The van der Waals surface area contributed by atoms with Crippen molar-refractivity contribution in [3.8, 4) is 10.9 Å². The number of thiazole rings is 1. The van der Waals surface area contributed by atoms with Crippen LogP contribution in [0.2, 0.25) is 0 Å². The monoisotopic (exact) mass is 369 g/mol. The molecule has 3 N–H and O–H groups in total. The Morgan fingerprint density at radius 3 is 2.62 bits per heavy atom. The number of nitrogens with two attached hydrogens (primary N) is 1. The molecule has 1 amide bonds. The maximum Gasteiger partial charge on any atom is 0.278 e. The minimum atomic E-state index is -0.745. The fourth-order valence-electron chi connectivity index (χ4n) is 2.16. The Labute approximate surface area is 155 Å². The van der Waals surface area contributed by atoms with E-state index in [1.807, 2.05) is 35.7 Å². The van der Waals surface area contributed by atoms with Gasteiger partial charge in [-0.3, -0.25) is 4.79 Å². The van der Waals surface area contributed by atoms with E-state index < -0.39 is 6.04 Å². The highest BCUT2D eigenvalue weighted by molar-refractivity contribution is 7.11. The van der Waals surface area contributed by atoms with Crippen LogP contribution >= 0.6 is 11.3 Å². The average molecular weight is 369 g/mol. The lowest BCUT2D eigenvalue weighted by atomic mass is 10.2. The number of benzene rings is 2. The molecular formula is C19H19N3O3S. The molecule has 0 aliphatic rings. The molecule has 0 unspecified atom stereocenters. The van der Waals surface area contributed by atoms with Crippen LogP contribution in [0.15, 0.2) is 66.2 Å². The van der Waals surface area contributed by atoms with Crippen molar-refractivity contribution in [3.05, 3.63) is 71.7 Å². The molecule has 1 atom stereocenters. The van der Waals surface area contributed by atoms with Crippen LogP contribution in [0.1, 0.15) is 5.56 Å². The fraction of sp³-hybridized carbons (Fsp3) is 0.158. The Hall–Kier alpha value is -2.74. The van der Waals surface area contributed by atoms with Crippen LogP contribution in [0, 0.1) is 0 Å². The summed E-state index contributed by atoms with van der Waals surface area (Å²) in [5, 5.41) is 5.17. The van der Waals surface area contributed by atoms with Crippen LogP contribution in [-0.2, 0) is 16.1 Å². The number of aromatic nitrogens is 1. The Morgan fingerprint density at radius 2 is 1.92 bits per heavy atom. The largest absolute Gasteiger partial charge is 0.431 e. The Kier molecular flexibility index (Phi) is 6.32.